The van der Waals surface area contributed by atoms with Crippen LogP contribution in [0, 0.1) is 0 Å². The molecule has 1 N–H and O–H groups in total. The van der Waals surface area contributed by atoms with Crippen LogP contribution in [0.25, 0.3) is 0 Å². The molecule has 4 aliphatic rings. The topological polar surface area (TPSA) is 59.0 Å². The zero-order chi connectivity index (χ0) is 17.4. The minimum atomic E-state index is -0.545. The van der Waals surface area contributed by atoms with Crippen LogP contribution in [-0.2, 0) is 21.4 Å². The van der Waals surface area contributed by atoms with E-state index in [1.54, 1.807) is 13.2 Å². The van der Waals surface area contributed by atoms with Crippen molar-refractivity contribution < 1.29 is 19.4 Å². The van der Waals surface area contributed by atoms with Gasteiger partial charge in [0.15, 0.2) is 23.4 Å². The molecule has 2 fully saturated rings. The summed E-state index contributed by atoms with van der Waals surface area (Å²) in [6, 6.07) is 3.87. The summed E-state index contributed by atoms with van der Waals surface area (Å²) in [5.74, 6) is 0.772. The lowest BCUT2D eigenvalue weighted by Crippen LogP contribution is -2.77. The Morgan fingerprint density at radius 3 is 3.08 bits per heavy atom. The first kappa shape index (κ1) is 15.4. The number of ketones is 1. The molecule has 25 heavy (non-hydrogen) atoms. The molecule has 0 amide bonds. The lowest BCUT2D eigenvalue weighted by Gasteiger charge is -2.64. The predicted molar refractivity (Wildman–Crippen MR) is 92.1 cm³/mol. The second-order valence-corrected chi connectivity index (χ2v) is 7.73. The summed E-state index contributed by atoms with van der Waals surface area (Å²) < 4.78 is 12.4. The Morgan fingerprint density at radius 1 is 1.48 bits per heavy atom. The van der Waals surface area contributed by atoms with E-state index in [2.05, 4.69) is 11.5 Å². The molecule has 0 radical (unpaired) electrons. The highest BCUT2D eigenvalue weighted by Crippen LogP contribution is 2.65. The smallest absolute Gasteiger partial charge is 0.174 e. The summed E-state index contributed by atoms with van der Waals surface area (Å²) in [5.41, 5.74) is 1.26. The average molecular weight is 341 g/mol. The number of nitrogens with zero attached hydrogens (tertiary/aromatic N) is 1. The number of likely N-dealkylation sites (tertiary alicyclic amines) is 1. The summed E-state index contributed by atoms with van der Waals surface area (Å²) in [4.78, 5) is 15.2. The molecule has 1 spiro atoms. The van der Waals surface area contributed by atoms with Crippen molar-refractivity contribution in [2.75, 3.05) is 20.2 Å². The van der Waals surface area contributed by atoms with Crippen LogP contribution < -0.4 is 4.74 Å². The van der Waals surface area contributed by atoms with E-state index < -0.39 is 17.1 Å². The number of phenolic OH excluding ortho intramolecular Hbond substituents is 1. The third kappa shape index (κ3) is 1.55. The Morgan fingerprint density at radius 2 is 2.32 bits per heavy atom. The van der Waals surface area contributed by atoms with Crippen LogP contribution in [0.2, 0.25) is 0 Å². The fourth-order valence-corrected chi connectivity index (χ4v) is 6.19. The summed E-state index contributed by atoms with van der Waals surface area (Å²) in [7, 11) is 1.77. The number of benzene rings is 1. The number of aromatic hydroxyl groups is 1. The van der Waals surface area contributed by atoms with E-state index in [1.807, 2.05) is 12.1 Å². The van der Waals surface area contributed by atoms with Gasteiger partial charge >= 0.3 is 0 Å². The Hall–Kier alpha value is -1.85. The fraction of sp³-hybridized carbons (Fsp3) is 0.550. The molecule has 2 heterocycles. The molecule has 2 aliphatic carbocycles. The van der Waals surface area contributed by atoms with Gasteiger partial charge in [0, 0.05) is 38.2 Å². The quantitative estimate of drug-likeness (QED) is 0.852. The van der Waals surface area contributed by atoms with Gasteiger partial charge in [-0.3, -0.25) is 9.69 Å². The maximum absolute atomic E-state index is 12.8. The van der Waals surface area contributed by atoms with E-state index in [0.29, 0.717) is 18.6 Å². The van der Waals surface area contributed by atoms with E-state index in [9.17, 15) is 9.90 Å². The standard InChI is InChI=1S/C20H23NO4/c1-3-9-21-10-8-19-16-12-4-5-13(22)17(16)25-18(19)14(23)6-7-20(19,24-2)15(21)11-12/h3-5,15,18,22H,1,6-11H2,2H3/t15-,18+,19+,20+/m1/s1. The van der Waals surface area contributed by atoms with Gasteiger partial charge < -0.3 is 14.6 Å². The van der Waals surface area contributed by atoms with Crippen molar-refractivity contribution in [3.05, 3.63) is 35.9 Å². The fourth-order valence-electron chi connectivity index (χ4n) is 6.19. The maximum Gasteiger partial charge on any atom is 0.174 e. The number of carbonyl (C=O) groups excluding carboxylic acids is 1. The summed E-state index contributed by atoms with van der Waals surface area (Å²) in [5, 5.41) is 10.4. The van der Waals surface area contributed by atoms with Crippen LogP contribution >= 0.6 is 0 Å². The molecule has 4 atom stereocenters. The van der Waals surface area contributed by atoms with Crippen molar-refractivity contribution in [3.8, 4) is 11.5 Å². The van der Waals surface area contributed by atoms with Gasteiger partial charge in [-0.1, -0.05) is 12.1 Å². The SMILES string of the molecule is C=CCN1CC[C@]23c4c5ccc(O)c4O[C@H]2C(=O)CC[C@]3(OC)[C@H]1C5. The molecular formula is C20H23NO4. The van der Waals surface area contributed by atoms with Crippen LogP contribution in [-0.4, -0.2) is 53.7 Å². The lowest BCUT2D eigenvalue weighted by molar-refractivity contribution is -0.200. The molecule has 0 unspecified atom stereocenters. The van der Waals surface area contributed by atoms with Gasteiger partial charge in [0.25, 0.3) is 0 Å². The van der Waals surface area contributed by atoms with E-state index in [-0.39, 0.29) is 17.6 Å². The Balaban J connectivity index is 1.81. The zero-order valence-corrected chi connectivity index (χ0v) is 14.5. The largest absolute Gasteiger partial charge is 0.504 e. The number of rotatable bonds is 3. The second-order valence-electron chi connectivity index (χ2n) is 7.73. The maximum atomic E-state index is 12.8. The molecule has 2 aliphatic heterocycles. The van der Waals surface area contributed by atoms with Crippen molar-refractivity contribution in [1.82, 2.24) is 4.90 Å². The highest BCUT2D eigenvalue weighted by Gasteiger charge is 2.73. The highest BCUT2D eigenvalue weighted by atomic mass is 16.5. The van der Waals surface area contributed by atoms with Gasteiger partial charge in [-0.05, 0) is 30.9 Å². The highest BCUT2D eigenvalue weighted by molar-refractivity contribution is 5.90. The van der Waals surface area contributed by atoms with E-state index >= 15 is 0 Å². The normalized spacial score (nSPS) is 38.2. The number of piperidine rings is 1. The summed E-state index contributed by atoms with van der Waals surface area (Å²) >= 11 is 0. The average Bonchev–Trinajstić information content (AvgIpc) is 2.97. The number of methoxy groups -OCH3 is 1. The van der Waals surface area contributed by atoms with Gasteiger partial charge in [-0.25, -0.2) is 0 Å². The first-order valence-electron chi connectivity index (χ1n) is 9.04. The number of ether oxygens (including phenoxy) is 2. The van der Waals surface area contributed by atoms with Gasteiger partial charge in [0.2, 0.25) is 0 Å². The Bertz CT molecular complexity index is 790. The molecule has 1 saturated carbocycles. The number of phenols is 1. The number of hydrogen-bond donors (Lipinski definition) is 1. The van der Waals surface area contributed by atoms with E-state index in [4.69, 9.17) is 9.47 Å². The molecule has 2 bridgehead atoms. The third-order valence-corrected chi connectivity index (χ3v) is 7.06. The lowest BCUT2D eigenvalue weighted by atomic mass is 9.49. The van der Waals surface area contributed by atoms with Crippen LogP contribution in [0.5, 0.6) is 11.5 Å². The van der Waals surface area contributed by atoms with Gasteiger partial charge in [0.05, 0.1) is 11.0 Å². The van der Waals surface area contributed by atoms with Crippen LogP contribution in [0.15, 0.2) is 24.8 Å². The molecular weight excluding hydrogens is 318 g/mol. The van der Waals surface area contributed by atoms with Crippen molar-refractivity contribution in [3.63, 3.8) is 0 Å². The molecule has 1 aromatic carbocycles. The number of carbonyl (C=O) groups is 1. The Labute approximate surface area is 147 Å². The molecule has 0 aromatic heterocycles. The van der Waals surface area contributed by atoms with E-state index in [0.717, 1.165) is 31.5 Å². The molecule has 5 rings (SSSR count). The van der Waals surface area contributed by atoms with Crippen molar-refractivity contribution in [2.45, 2.75) is 48.8 Å². The van der Waals surface area contributed by atoms with Crippen LogP contribution in [0.1, 0.15) is 30.4 Å². The van der Waals surface area contributed by atoms with Crippen LogP contribution in [0.3, 0.4) is 0 Å². The predicted octanol–water partition coefficient (Wildman–Crippen LogP) is 1.96. The molecule has 5 nitrogen and oxygen atoms in total. The van der Waals surface area contributed by atoms with Crippen molar-refractivity contribution in [2.24, 2.45) is 0 Å². The van der Waals surface area contributed by atoms with Gasteiger partial charge in [0.1, 0.15) is 0 Å². The van der Waals surface area contributed by atoms with Gasteiger partial charge in [-0.2, -0.15) is 0 Å². The first-order chi connectivity index (χ1) is 12.1. The molecule has 1 aromatic rings. The third-order valence-electron chi connectivity index (χ3n) is 7.06. The minimum Gasteiger partial charge on any atom is -0.504 e. The molecule has 132 valence electrons. The minimum absolute atomic E-state index is 0.132. The number of Topliss-reactive ketones (excluding diaryl/α,β-unsaturated/α-hetero) is 1. The van der Waals surface area contributed by atoms with E-state index in [1.165, 1.54) is 5.56 Å². The van der Waals surface area contributed by atoms with Crippen molar-refractivity contribution in [1.29, 1.82) is 0 Å². The molecule has 5 heteroatoms. The second kappa shape index (κ2) is 4.86. The number of hydrogen-bond acceptors (Lipinski definition) is 5. The Kier molecular flexibility index (Phi) is 3.00. The molecule has 1 saturated heterocycles. The summed E-state index contributed by atoms with van der Waals surface area (Å²) in [6.07, 6.45) is 4.20. The monoisotopic (exact) mass is 341 g/mol. The first-order valence-corrected chi connectivity index (χ1v) is 9.04. The van der Waals surface area contributed by atoms with Crippen LogP contribution in [0.4, 0.5) is 0 Å². The van der Waals surface area contributed by atoms with Crippen molar-refractivity contribution >= 4 is 5.78 Å². The summed E-state index contributed by atoms with van der Waals surface area (Å²) in [6.45, 7) is 5.60. The van der Waals surface area contributed by atoms with Gasteiger partial charge in [-0.15, -0.1) is 6.58 Å². The zero-order valence-electron chi connectivity index (χ0n) is 14.5.